The van der Waals surface area contributed by atoms with Crippen LogP contribution < -0.4 is 5.32 Å². The Hall–Kier alpha value is -0.970. The SMILES string of the molecule is Cc1sc2c(c1C)C(c1ccc(Cl)cc1)=N[C@@H](C)C(S)N2. The van der Waals surface area contributed by atoms with E-state index < -0.39 is 0 Å². The van der Waals surface area contributed by atoms with Crippen LogP contribution in [0.5, 0.6) is 0 Å². The van der Waals surface area contributed by atoms with E-state index in [-0.39, 0.29) is 11.4 Å². The van der Waals surface area contributed by atoms with E-state index in [1.807, 2.05) is 24.3 Å². The number of hydrogen-bond donors (Lipinski definition) is 2. The lowest BCUT2D eigenvalue weighted by molar-refractivity contribution is 0.753. The van der Waals surface area contributed by atoms with Crippen LogP contribution in [0, 0.1) is 13.8 Å². The van der Waals surface area contributed by atoms with Gasteiger partial charge >= 0.3 is 0 Å². The molecule has 0 bridgehead atoms. The van der Waals surface area contributed by atoms with Gasteiger partial charge in [0.1, 0.15) is 0 Å². The van der Waals surface area contributed by atoms with Crippen molar-refractivity contribution < 1.29 is 0 Å². The number of aryl methyl sites for hydroxylation is 1. The van der Waals surface area contributed by atoms with Gasteiger partial charge in [-0.15, -0.1) is 11.3 Å². The van der Waals surface area contributed by atoms with E-state index >= 15 is 0 Å². The lowest BCUT2D eigenvalue weighted by Crippen LogP contribution is -2.23. The molecule has 1 aromatic heterocycles. The number of halogens is 1. The van der Waals surface area contributed by atoms with Crippen molar-refractivity contribution in [3.05, 3.63) is 50.9 Å². The lowest BCUT2D eigenvalue weighted by atomic mass is 10.00. The molecule has 1 unspecified atom stereocenters. The topological polar surface area (TPSA) is 24.4 Å². The Kier molecular flexibility index (Phi) is 4.04. The molecule has 0 saturated heterocycles. The second kappa shape index (κ2) is 5.67. The predicted molar refractivity (Wildman–Crippen MR) is 96.7 cm³/mol. The van der Waals surface area contributed by atoms with E-state index in [0.29, 0.717) is 0 Å². The highest BCUT2D eigenvalue weighted by Crippen LogP contribution is 2.37. The Morgan fingerprint density at radius 3 is 2.57 bits per heavy atom. The first kappa shape index (κ1) is 14.9. The van der Waals surface area contributed by atoms with Crippen molar-refractivity contribution in [1.82, 2.24) is 0 Å². The van der Waals surface area contributed by atoms with Crippen LogP contribution in [-0.2, 0) is 0 Å². The first-order chi connectivity index (χ1) is 9.97. The van der Waals surface area contributed by atoms with Crippen LogP contribution in [0.3, 0.4) is 0 Å². The number of thiol groups is 1. The molecule has 5 heteroatoms. The standard InChI is InChI=1S/C16H17ClN2S2/c1-8-10(3)21-16-13(8)14(18-9(2)15(20)19-16)11-4-6-12(17)7-5-11/h4-7,9,15,19-20H,1-3H3/t9-,15?/m0/s1. The summed E-state index contributed by atoms with van der Waals surface area (Å²) in [5.41, 5.74) is 4.60. The molecule has 1 N–H and O–H groups in total. The average molecular weight is 337 g/mol. The minimum Gasteiger partial charge on any atom is -0.363 e. The highest BCUT2D eigenvalue weighted by molar-refractivity contribution is 7.81. The Balaban J connectivity index is 2.21. The van der Waals surface area contributed by atoms with E-state index in [1.54, 1.807) is 11.3 Å². The second-order valence-corrected chi connectivity index (χ2v) is 7.52. The number of fused-ring (bicyclic) bond motifs is 1. The van der Waals surface area contributed by atoms with Crippen LogP contribution in [-0.4, -0.2) is 17.1 Å². The molecule has 0 spiro atoms. The number of rotatable bonds is 1. The molecule has 2 aromatic rings. The molecule has 1 aliphatic heterocycles. The molecule has 1 aliphatic rings. The Labute approximate surface area is 139 Å². The van der Waals surface area contributed by atoms with Gasteiger partial charge in [-0.3, -0.25) is 4.99 Å². The van der Waals surface area contributed by atoms with Gasteiger partial charge in [0.15, 0.2) is 0 Å². The van der Waals surface area contributed by atoms with Crippen molar-refractivity contribution >= 4 is 46.3 Å². The third-order valence-corrected chi connectivity index (χ3v) is 5.76. The van der Waals surface area contributed by atoms with Crippen LogP contribution >= 0.6 is 35.6 Å². The predicted octanol–water partition coefficient (Wildman–Crippen LogP) is 4.93. The Bertz CT molecular complexity index is 704. The van der Waals surface area contributed by atoms with Gasteiger partial charge in [0.25, 0.3) is 0 Å². The third kappa shape index (κ3) is 2.72. The summed E-state index contributed by atoms with van der Waals surface area (Å²) in [6.45, 7) is 6.38. The molecule has 1 aromatic carbocycles. The van der Waals surface area contributed by atoms with Crippen molar-refractivity contribution in [2.75, 3.05) is 5.32 Å². The fraction of sp³-hybridized carbons (Fsp3) is 0.312. The van der Waals surface area contributed by atoms with E-state index in [9.17, 15) is 0 Å². The first-order valence-corrected chi connectivity index (χ1v) is 8.57. The smallest absolute Gasteiger partial charge is 0.0992 e. The molecule has 2 nitrogen and oxygen atoms in total. The van der Waals surface area contributed by atoms with Gasteiger partial charge in [0, 0.05) is 21.0 Å². The minimum atomic E-state index is 0.0194. The first-order valence-electron chi connectivity index (χ1n) is 6.86. The quantitative estimate of drug-likeness (QED) is 0.709. The molecule has 110 valence electrons. The second-order valence-electron chi connectivity index (χ2n) is 5.30. The van der Waals surface area contributed by atoms with Gasteiger partial charge in [-0.05, 0) is 38.5 Å². The van der Waals surface area contributed by atoms with Crippen molar-refractivity contribution in [3.8, 4) is 0 Å². The van der Waals surface area contributed by atoms with Crippen molar-refractivity contribution in [2.45, 2.75) is 32.2 Å². The zero-order valence-corrected chi connectivity index (χ0v) is 14.6. The van der Waals surface area contributed by atoms with E-state index in [0.717, 1.165) is 21.3 Å². The molecule has 2 atom stereocenters. The van der Waals surface area contributed by atoms with Gasteiger partial charge in [0.05, 0.1) is 22.1 Å². The fourth-order valence-corrected chi connectivity index (χ4v) is 3.94. The average Bonchev–Trinajstić information content (AvgIpc) is 2.64. The summed E-state index contributed by atoms with van der Waals surface area (Å²) >= 11 is 12.4. The van der Waals surface area contributed by atoms with E-state index in [4.69, 9.17) is 16.6 Å². The van der Waals surface area contributed by atoms with Gasteiger partial charge in [-0.2, -0.15) is 12.6 Å². The Morgan fingerprint density at radius 1 is 1.24 bits per heavy atom. The summed E-state index contributed by atoms with van der Waals surface area (Å²) in [4.78, 5) is 6.22. The summed E-state index contributed by atoms with van der Waals surface area (Å²) in [7, 11) is 0. The minimum absolute atomic E-state index is 0.0194. The molecule has 0 fully saturated rings. The van der Waals surface area contributed by atoms with Gasteiger partial charge < -0.3 is 5.32 Å². The largest absolute Gasteiger partial charge is 0.363 e. The maximum Gasteiger partial charge on any atom is 0.0992 e. The number of nitrogens with zero attached hydrogens (tertiary/aromatic N) is 1. The molecule has 0 saturated carbocycles. The van der Waals surface area contributed by atoms with Crippen LogP contribution in [0.15, 0.2) is 29.3 Å². The van der Waals surface area contributed by atoms with E-state index in [1.165, 1.54) is 16.0 Å². The number of benzene rings is 1. The maximum atomic E-state index is 6.01. The summed E-state index contributed by atoms with van der Waals surface area (Å²) < 4.78 is 0. The van der Waals surface area contributed by atoms with Gasteiger partial charge in [0.2, 0.25) is 0 Å². The molecule has 2 heterocycles. The fourth-order valence-electron chi connectivity index (χ4n) is 2.43. The van der Waals surface area contributed by atoms with E-state index in [2.05, 4.69) is 38.7 Å². The normalized spacial score (nSPS) is 21.3. The van der Waals surface area contributed by atoms with Crippen LogP contribution in [0.25, 0.3) is 0 Å². The number of nitrogens with one attached hydrogen (secondary N) is 1. The zero-order chi connectivity index (χ0) is 15.1. The molecule has 3 rings (SSSR count). The summed E-state index contributed by atoms with van der Waals surface area (Å²) in [6.07, 6.45) is 0. The van der Waals surface area contributed by atoms with Crippen molar-refractivity contribution in [2.24, 2.45) is 4.99 Å². The van der Waals surface area contributed by atoms with Crippen LogP contribution in [0.1, 0.15) is 28.5 Å². The Morgan fingerprint density at radius 2 is 1.90 bits per heavy atom. The molecular formula is C16H17ClN2S2. The zero-order valence-electron chi connectivity index (χ0n) is 12.1. The van der Waals surface area contributed by atoms with Crippen molar-refractivity contribution in [3.63, 3.8) is 0 Å². The summed E-state index contributed by atoms with van der Waals surface area (Å²) in [5.74, 6) is 0. The molecule has 0 radical (unpaired) electrons. The third-order valence-electron chi connectivity index (χ3n) is 3.81. The summed E-state index contributed by atoms with van der Waals surface area (Å²) in [5, 5.41) is 5.40. The van der Waals surface area contributed by atoms with Gasteiger partial charge in [-0.1, -0.05) is 23.7 Å². The maximum absolute atomic E-state index is 6.01. The van der Waals surface area contributed by atoms with Crippen LogP contribution in [0.2, 0.25) is 5.02 Å². The molecular weight excluding hydrogens is 320 g/mol. The number of aliphatic imine (C=N–C) groups is 1. The monoisotopic (exact) mass is 336 g/mol. The number of anilines is 1. The number of hydrogen-bond acceptors (Lipinski definition) is 4. The van der Waals surface area contributed by atoms with Crippen LogP contribution in [0.4, 0.5) is 5.00 Å². The lowest BCUT2D eigenvalue weighted by Gasteiger charge is -2.14. The van der Waals surface area contributed by atoms with Crippen molar-refractivity contribution in [1.29, 1.82) is 0 Å². The highest BCUT2D eigenvalue weighted by Gasteiger charge is 2.26. The summed E-state index contributed by atoms with van der Waals surface area (Å²) in [6, 6.07) is 7.98. The molecule has 21 heavy (non-hydrogen) atoms. The molecule has 0 aliphatic carbocycles. The molecule has 0 amide bonds. The number of thiophene rings is 1. The highest BCUT2D eigenvalue weighted by atomic mass is 35.5. The van der Waals surface area contributed by atoms with Gasteiger partial charge in [-0.25, -0.2) is 0 Å².